The van der Waals surface area contributed by atoms with E-state index in [4.69, 9.17) is 0 Å². The van der Waals surface area contributed by atoms with Crippen LogP contribution in [0.2, 0.25) is 0 Å². The number of rotatable bonds is 4. The number of benzene rings is 1. The number of hydrogen-bond acceptors (Lipinski definition) is 3. The number of aromatic nitrogens is 2. The van der Waals surface area contributed by atoms with E-state index in [1.54, 1.807) is 6.92 Å². The summed E-state index contributed by atoms with van der Waals surface area (Å²) in [6.45, 7) is 6.64. The molecule has 110 valence electrons. The maximum atomic E-state index is 11.5. The molecule has 21 heavy (non-hydrogen) atoms. The molecule has 0 fully saturated rings. The summed E-state index contributed by atoms with van der Waals surface area (Å²) in [5.74, 6) is 0.138. The van der Waals surface area contributed by atoms with Gasteiger partial charge in [-0.25, -0.2) is 4.98 Å². The standard InChI is InChI=1S/C17H21N3O/c1-3-19-12-18-10-16(19)11-20-8-4-5-15-9-14(13(2)21)6-7-17(15)20/h6-7,9-10,12H,3-5,8,11H2,1-2H3. The minimum atomic E-state index is 0.138. The number of nitrogens with zero attached hydrogens (tertiary/aromatic N) is 3. The van der Waals surface area contributed by atoms with Crippen molar-refractivity contribution < 1.29 is 4.79 Å². The third-order valence-corrected chi connectivity index (χ3v) is 4.19. The molecular formula is C17H21N3O. The Morgan fingerprint density at radius 3 is 3.00 bits per heavy atom. The van der Waals surface area contributed by atoms with Gasteiger partial charge in [0.25, 0.3) is 0 Å². The highest BCUT2D eigenvalue weighted by molar-refractivity contribution is 5.94. The van der Waals surface area contributed by atoms with Crippen LogP contribution in [0.3, 0.4) is 0 Å². The molecule has 0 aliphatic carbocycles. The third-order valence-electron chi connectivity index (χ3n) is 4.19. The first-order valence-electron chi connectivity index (χ1n) is 7.57. The molecule has 2 heterocycles. The molecule has 1 aromatic heterocycles. The maximum absolute atomic E-state index is 11.5. The minimum absolute atomic E-state index is 0.138. The lowest BCUT2D eigenvalue weighted by atomic mass is 9.98. The fraction of sp³-hybridized carbons (Fsp3) is 0.412. The number of imidazole rings is 1. The van der Waals surface area contributed by atoms with Crippen molar-refractivity contribution in [2.45, 2.75) is 39.8 Å². The monoisotopic (exact) mass is 283 g/mol. The molecule has 2 aromatic rings. The van der Waals surface area contributed by atoms with Crippen molar-refractivity contribution in [2.75, 3.05) is 11.4 Å². The molecule has 0 unspecified atom stereocenters. The zero-order valence-corrected chi connectivity index (χ0v) is 12.7. The molecule has 0 spiro atoms. The first kappa shape index (κ1) is 13.9. The molecule has 0 saturated heterocycles. The van der Waals surface area contributed by atoms with Crippen molar-refractivity contribution in [1.29, 1.82) is 0 Å². The van der Waals surface area contributed by atoms with E-state index in [9.17, 15) is 4.79 Å². The van der Waals surface area contributed by atoms with E-state index < -0.39 is 0 Å². The van der Waals surface area contributed by atoms with Crippen LogP contribution in [-0.4, -0.2) is 21.9 Å². The number of carbonyl (C=O) groups excluding carboxylic acids is 1. The van der Waals surface area contributed by atoms with E-state index in [1.807, 2.05) is 18.6 Å². The number of carbonyl (C=O) groups is 1. The van der Waals surface area contributed by atoms with Crippen LogP contribution >= 0.6 is 0 Å². The molecule has 1 aliphatic rings. The Labute approximate surface area is 125 Å². The molecule has 1 aliphatic heterocycles. The summed E-state index contributed by atoms with van der Waals surface area (Å²) in [7, 11) is 0. The van der Waals surface area contributed by atoms with E-state index in [0.29, 0.717) is 0 Å². The van der Waals surface area contributed by atoms with E-state index in [-0.39, 0.29) is 5.78 Å². The zero-order valence-electron chi connectivity index (χ0n) is 12.7. The predicted molar refractivity (Wildman–Crippen MR) is 83.7 cm³/mol. The predicted octanol–water partition coefficient (Wildman–Crippen LogP) is 3.06. The topological polar surface area (TPSA) is 38.1 Å². The minimum Gasteiger partial charge on any atom is -0.365 e. The number of hydrogen-bond donors (Lipinski definition) is 0. The van der Waals surface area contributed by atoms with Crippen LogP contribution in [0.25, 0.3) is 0 Å². The van der Waals surface area contributed by atoms with E-state index in [0.717, 1.165) is 38.0 Å². The smallest absolute Gasteiger partial charge is 0.159 e. The van der Waals surface area contributed by atoms with Crippen molar-refractivity contribution in [3.63, 3.8) is 0 Å². The molecule has 0 amide bonds. The van der Waals surface area contributed by atoms with Gasteiger partial charge in [0.2, 0.25) is 0 Å². The van der Waals surface area contributed by atoms with Gasteiger partial charge < -0.3 is 9.47 Å². The second-order valence-electron chi connectivity index (χ2n) is 5.60. The van der Waals surface area contributed by atoms with Crippen LogP contribution in [0.1, 0.15) is 41.9 Å². The van der Waals surface area contributed by atoms with Gasteiger partial charge in [0.05, 0.1) is 18.6 Å². The van der Waals surface area contributed by atoms with Gasteiger partial charge in [-0.05, 0) is 50.5 Å². The van der Waals surface area contributed by atoms with Crippen LogP contribution in [0.5, 0.6) is 0 Å². The van der Waals surface area contributed by atoms with E-state index in [2.05, 4.69) is 33.5 Å². The summed E-state index contributed by atoms with van der Waals surface area (Å²) in [5, 5.41) is 0. The lowest BCUT2D eigenvalue weighted by Crippen LogP contribution is -2.29. The van der Waals surface area contributed by atoms with Crippen molar-refractivity contribution >= 4 is 11.5 Å². The molecule has 1 aromatic carbocycles. The van der Waals surface area contributed by atoms with Gasteiger partial charge in [-0.3, -0.25) is 4.79 Å². The summed E-state index contributed by atoms with van der Waals surface area (Å²) in [6.07, 6.45) is 6.02. The molecule has 0 saturated carbocycles. The Morgan fingerprint density at radius 1 is 1.38 bits per heavy atom. The summed E-state index contributed by atoms with van der Waals surface area (Å²) < 4.78 is 2.18. The van der Waals surface area contributed by atoms with Crippen LogP contribution < -0.4 is 4.90 Å². The Hall–Kier alpha value is -2.10. The first-order valence-corrected chi connectivity index (χ1v) is 7.57. The first-order chi connectivity index (χ1) is 10.2. The number of fused-ring (bicyclic) bond motifs is 1. The molecule has 3 rings (SSSR count). The quantitative estimate of drug-likeness (QED) is 0.809. The summed E-state index contributed by atoms with van der Waals surface area (Å²) in [5.41, 5.74) is 4.60. The number of anilines is 1. The molecule has 4 nitrogen and oxygen atoms in total. The van der Waals surface area contributed by atoms with Gasteiger partial charge in [-0.1, -0.05) is 0 Å². The summed E-state index contributed by atoms with van der Waals surface area (Å²) >= 11 is 0. The van der Waals surface area contributed by atoms with Gasteiger partial charge in [-0.2, -0.15) is 0 Å². The van der Waals surface area contributed by atoms with Crippen molar-refractivity contribution in [3.05, 3.63) is 47.5 Å². The maximum Gasteiger partial charge on any atom is 0.159 e. The average Bonchev–Trinajstić information content (AvgIpc) is 2.94. The van der Waals surface area contributed by atoms with E-state index in [1.165, 1.54) is 16.9 Å². The average molecular weight is 283 g/mol. The fourth-order valence-corrected chi connectivity index (χ4v) is 3.02. The molecule has 0 N–H and O–H groups in total. The zero-order chi connectivity index (χ0) is 14.8. The molecule has 0 radical (unpaired) electrons. The Bertz CT molecular complexity index is 660. The number of aryl methyl sites for hydroxylation is 2. The highest BCUT2D eigenvalue weighted by atomic mass is 16.1. The molecule has 0 bridgehead atoms. The lowest BCUT2D eigenvalue weighted by molar-refractivity contribution is 0.101. The number of ketones is 1. The summed E-state index contributed by atoms with van der Waals surface area (Å²) in [4.78, 5) is 18.2. The fourth-order valence-electron chi connectivity index (χ4n) is 3.02. The summed E-state index contributed by atoms with van der Waals surface area (Å²) in [6, 6.07) is 6.09. The Balaban J connectivity index is 1.88. The van der Waals surface area contributed by atoms with Crippen molar-refractivity contribution in [3.8, 4) is 0 Å². The van der Waals surface area contributed by atoms with E-state index >= 15 is 0 Å². The van der Waals surface area contributed by atoms with Gasteiger partial charge >= 0.3 is 0 Å². The van der Waals surface area contributed by atoms with Crippen LogP contribution in [0, 0.1) is 0 Å². The molecule has 0 atom stereocenters. The normalized spacial score (nSPS) is 14.1. The van der Waals surface area contributed by atoms with Gasteiger partial charge in [0.1, 0.15) is 0 Å². The second-order valence-corrected chi connectivity index (χ2v) is 5.60. The largest absolute Gasteiger partial charge is 0.365 e. The van der Waals surface area contributed by atoms with Gasteiger partial charge in [-0.15, -0.1) is 0 Å². The van der Waals surface area contributed by atoms with Gasteiger partial charge in [0, 0.05) is 30.5 Å². The van der Waals surface area contributed by atoms with Crippen LogP contribution in [-0.2, 0) is 19.5 Å². The van der Waals surface area contributed by atoms with Crippen LogP contribution in [0.4, 0.5) is 5.69 Å². The number of Topliss-reactive ketones (excluding diaryl/α,β-unsaturated/α-hetero) is 1. The highest BCUT2D eigenvalue weighted by Crippen LogP contribution is 2.29. The molecular weight excluding hydrogens is 262 g/mol. The van der Waals surface area contributed by atoms with Crippen molar-refractivity contribution in [1.82, 2.24) is 9.55 Å². The third kappa shape index (κ3) is 2.71. The van der Waals surface area contributed by atoms with Gasteiger partial charge in [0.15, 0.2) is 5.78 Å². The second kappa shape index (κ2) is 5.72. The van der Waals surface area contributed by atoms with Crippen molar-refractivity contribution in [2.24, 2.45) is 0 Å². The Morgan fingerprint density at radius 2 is 2.24 bits per heavy atom. The SMILES string of the molecule is CCn1cncc1CN1CCCc2cc(C(C)=O)ccc21. The Kier molecular flexibility index (Phi) is 3.78. The highest BCUT2D eigenvalue weighted by Gasteiger charge is 2.19. The van der Waals surface area contributed by atoms with Crippen LogP contribution in [0.15, 0.2) is 30.7 Å². The molecule has 4 heteroatoms. The lowest BCUT2D eigenvalue weighted by Gasteiger charge is -2.31.